The Morgan fingerprint density at radius 1 is 1.10 bits per heavy atom. The summed E-state index contributed by atoms with van der Waals surface area (Å²) in [5, 5.41) is 10.7. The van der Waals surface area contributed by atoms with E-state index in [4.69, 9.17) is 0 Å². The fraction of sp³-hybridized carbons (Fsp3) is 0.312. The molecule has 1 aromatic heterocycles. The molecule has 0 radical (unpaired) electrons. The highest BCUT2D eigenvalue weighted by molar-refractivity contribution is 5.46. The molecule has 1 aliphatic rings. The fourth-order valence-corrected chi connectivity index (χ4v) is 2.80. The average molecular weight is 272 g/mol. The van der Waals surface area contributed by atoms with Crippen LogP contribution < -0.4 is 4.90 Å². The van der Waals surface area contributed by atoms with Crippen molar-refractivity contribution in [1.82, 2.24) is 4.98 Å². The van der Waals surface area contributed by atoms with Crippen LogP contribution in [-0.2, 0) is 5.60 Å². The van der Waals surface area contributed by atoms with Crippen molar-refractivity contribution in [2.75, 3.05) is 18.0 Å². The van der Waals surface area contributed by atoms with Crippen LogP contribution in [-0.4, -0.2) is 23.2 Å². The molecule has 0 amide bonds. The predicted octanol–water partition coefficient (Wildman–Crippen LogP) is 2.71. The first-order valence-corrected chi connectivity index (χ1v) is 6.81. The predicted molar refractivity (Wildman–Crippen MR) is 76.0 cm³/mol. The van der Waals surface area contributed by atoms with Crippen LogP contribution >= 0.6 is 0 Å². The van der Waals surface area contributed by atoms with Crippen molar-refractivity contribution in [3.05, 3.63) is 60.2 Å². The minimum absolute atomic E-state index is 0.361. The van der Waals surface area contributed by atoms with Crippen molar-refractivity contribution in [3.63, 3.8) is 0 Å². The first-order chi connectivity index (χ1) is 9.69. The number of pyridine rings is 1. The Morgan fingerprint density at radius 3 is 2.45 bits per heavy atom. The van der Waals surface area contributed by atoms with Gasteiger partial charge in [0.25, 0.3) is 0 Å². The zero-order valence-electron chi connectivity index (χ0n) is 11.2. The number of hydrogen-bond acceptors (Lipinski definition) is 3. The van der Waals surface area contributed by atoms with Gasteiger partial charge in [-0.25, -0.2) is 4.39 Å². The average Bonchev–Trinajstić information content (AvgIpc) is 2.49. The molecule has 3 rings (SSSR count). The topological polar surface area (TPSA) is 36.4 Å². The van der Waals surface area contributed by atoms with Gasteiger partial charge in [-0.3, -0.25) is 4.98 Å². The van der Waals surface area contributed by atoms with E-state index in [0.717, 1.165) is 11.9 Å². The van der Waals surface area contributed by atoms with Crippen molar-refractivity contribution in [2.45, 2.75) is 18.4 Å². The lowest BCUT2D eigenvalue weighted by Gasteiger charge is -2.39. The third-order valence-corrected chi connectivity index (χ3v) is 3.99. The molecule has 0 atom stereocenters. The number of benzene rings is 1. The van der Waals surface area contributed by atoms with Crippen LogP contribution in [0, 0.1) is 5.82 Å². The molecule has 1 saturated heterocycles. The summed E-state index contributed by atoms with van der Waals surface area (Å²) >= 11 is 0. The van der Waals surface area contributed by atoms with Gasteiger partial charge in [0.1, 0.15) is 5.82 Å². The summed E-state index contributed by atoms with van der Waals surface area (Å²) in [6.07, 6.45) is 3.72. The van der Waals surface area contributed by atoms with E-state index in [1.54, 1.807) is 6.07 Å². The third kappa shape index (κ3) is 2.39. The second-order valence-electron chi connectivity index (χ2n) is 5.21. The number of rotatable bonds is 2. The van der Waals surface area contributed by atoms with Gasteiger partial charge < -0.3 is 10.0 Å². The van der Waals surface area contributed by atoms with Gasteiger partial charge in [-0.15, -0.1) is 0 Å². The molecule has 0 unspecified atom stereocenters. The number of nitrogens with zero attached hydrogens (tertiary/aromatic N) is 2. The molecule has 0 bridgehead atoms. The van der Waals surface area contributed by atoms with Crippen molar-refractivity contribution in [3.8, 4) is 0 Å². The van der Waals surface area contributed by atoms with Gasteiger partial charge in [-0.2, -0.15) is 0 Å². The number of aromatic nitrogens is 1. The molecule has 4 heteroatoms. The minimum atomic E-state index is -1.09. The molecule has 2 aromatic rings. The van der Waals surface area contributed by atoms with Crippen LogP contribution in [0.3, 0.4) is 0 Å². The fourth-order valence-electron chi connectivity index (χ4n) is 2.80. The normalized spacial score (nSPS) is 18.0. The van der Waals surface area contributed by atoms with E-state index in [9.17, 15) is 9.50 Å². The van der Waals surface area contributed by atoms with Gasteiger partial charge in [0.2, 0.25) is 0 Å². The third-order valence-electron chi connectivity index (χ3n) is 3.99. The summed E-state index contributed by atoms with van der Waals surface area (Å²) in [4.78, 5) is 5.95. The molecule has 1 aromatic carbocycles. The van der Waals surface area contributed by atoms with Gasteiger partial charge in [0.05, 0.1) is 11.8 Å². The summed E-state index contributed by atoms with van der Waals surface area (Å²) < 4.78 is 13.8. The molecule has 1 fully saturated rings. The summed E-state index contributed by atoms with van der Waals surface area (Å²) in [5.74, 6) is -0.428. The van der Waals surface area contributed by atoms with E-state index in [-0.39, 0.29) is 0 Å². The number of piperidine rings is 1. The van der Waals surface area contributed by atoms with Gasteiger partial charge >= 0.3 is 0 Å². The maximum atomic E-state index is 13.8. The largest absolute Gasteiger partial charge is 0.385 e. The van der Waals surface area contributed by atoms with E-state index in [0.29, 0.717) is 31.5 Å². The molecule has 2 heterocycles. The van der Waals surface area contributed by atoms with E-state index in [1.165, 1.54) is 6.20 Å². The highest BCUT2D eigenvalue weighted by atomic mass is 19.1. The maximum absolute atomic E-state index is 13.8. The first-order valence-electron chi connectivity index (χ1n) is 6.81. The second kappa shape index (κ2) is 5.21. The number of aliphatic hydroxyl groups is 1. The zero-order valence-corrected chi connectivity index (χ0v) is 11.2. The molecule has 3 nitrogen and oxygen atoms in total. The van der Waals surface area contributed by atoms with Gasteiger partial charge in [0.15, 0.2) is 0 Å². The molecule has 0 saturated carbocycles. The van der Waals surface area contributed by atoms with E-state index < -0.39 is 11.4 Å². The van der Waals surface area contributed by atoms with Crippen LogP contribution in [0.15, 0.2) is 48.8 Å². The lowest BCUT2D eigenvalue weighted by atomic mass is 9.84. The van der Waals surface area contributed by atoms with E-state index in [1.807, 2.05) is 18.2 Å². The molecule has 0 spiro atoms. The van der Waals surface area contributed by atoms with Crippen LogP contribution in [0.1, 0.15) is 18.4 Å². The van der Waals surface area contributed by atoms with Gasteiger partial charge in [-0.1, -0.05) is 18.2 Å². The number of para-hydroxylation sites is 1. The highest BCUT2D eigenvalue weighted by Crippen LogP contribution is 2.35. The molecule has 1 N–H and O–H groups in total. The number of anilines is 1. The zero-order chi connectivity index (χ0) is 14.0. The lowest BCUT2D eigenvalue weighted by Crippen LogP contribution is -2.43. The van der Waals surface area contributed by atoms with Crippen molar-refractivity contribution < 1.29 is 9.50 Å². The van der Waals surface area contributed by atoms with Crippen LogP contribution in [0.5, 0.6) is 0 Å². The molecular formula is C16H17FN2O. The summed E-state index contributed by atoms with van der Waals surface area (Å²) in [5.41, 5.74) is 0.420. The van der Waals surface area contributed by atoms with Crippen molar-refractivity contribution >= 4 is 5.69 Å². The SMILES string of the molecule is OC1(c2ccncc2F)CCN(c2ccccc2)CC1. The Balaban J connectivity index is 1.77. The molecule has 0 aliphatic carbocycles. The van der Waals surface area contributed by atoms with E-state index in [2.05, 4.69) is 22.0 Å². The van der Waals surface area contributed by atoms with Crippen LogP contribution in [0.4, 0.5) is 10.1 Å². The summed E-state index contributed by atoms with van der Waals surface area (Å²) in [6, 6.07) is 11.7. The Hall–Kier alpha value is -1.94. The molecular weight excluding hydrogens is 255 g/mol. The Bertz CT molecular complexity index is 580. The Labute approximate surface area is 117 Å². The minimum Gasteiger partial charge on any atom is -0.385 e. The van der Waals surface area contributed by atoms with Gasteiger partial charge in [-0.05, 0) is 31.0 Å². The van der Waals surface area contributed by atoms with E-state index >= 15 is 0 Å². The van der Waals surface area contributed by atoms with Crippen molar-refractivity contribution in [1.29, 1.82) is 0 Å². The smallest absolute Gasteiger partial charge is 0.147 e. The monoisotopic (exact) mass is 272 g/mol. The Kier molecular flexibility index (Phi) is 3.40. The van der Waals surface area contributed by atoms with Crippen LogP contribution in [0.25, 0.3) is 0 Å². The molecule has 1 aliphatic heterocycles. The Morgan fingerprint density at radius 2 is 1.80 bits per heavy atom. The second-order valence-corrected chi connectivity index (χ2v) is 5.21. The van der Waals surface area contributed by atoms with Crippen LogP contribution in [0.2, 0.25) is 0 Å². The first kappa shape index (κ1) is 13.1. The lowest BCUT2D eigenvalue weighted by molar-refractivity contribution is 0.00837. The summed E-state index contributed by atoms with van der Waals surface area (Å²) in [6.45, 7) is 1.42. The maximum Gasteiger partial charge on any atom is 0.147 e. The highest BCUT2D eigenvalue weighted by Gasteiger charge is 2.36. The quantitative estimate of drug-likeness (QED) is 0.913. The summed E-state index contributed by atoms with van der Waals surface area (Å²) in [7, 11) is 0. The van der Waals surface area contributed by atoms with Crippen molar-refractivity contribution in [2.24, 2.45) is 0 Å². The number of hydrogen-bond donors (Lipinski definition) is 1. The van der Waals surface area contributed by atoms with Gasteiger partial charge in [0, 0.05) is 30.5 Å². The standard InChI is InChI=1S/C16H17FN2O/c17-15-12-18-9-6-14(15)16(20)7-10-19(11-8-16)13-4-2-1-3-5-13/h1-6,9,12,20H,7-8,10-11H2. The number of halogens is 1. The molecule has 20 heavy (non-hydrogen) atoms. The molecule has 104 valence electrons.